The molecule has 0 bridgehead atoms. The van der Waals surface area contributed by atoms with E-state index in [4.69, 9.17) is 9.52 Å². The van der Waals surface area contributed by atoms with E-state index in [1.165, 1.54) is 12.3 Å². The summed E-state index contributed by atoms with van der Waals surface area (Å²) in [7, 11) is 0. The summed E-state index contributed by atoms with van der Waals surface area (Å²) in [6, 6.07) is 1.44. The Morgan fingerprint density at radius 1 is 1.53 bits per heavy atom. The zero-order valence-electron chi connectivity index (χ0n) is 10.4. The molecule has 5 nitrogen and oxygen atoms in total. The van der Waals surface area contributed by atoms with Crippen molar-refractivity contribution >= 4 is 5.97 Å². The van der Waals surface area contributed by atoms with Gasteiger partial charge in [0, 0.05) is 6.54 Å². The highest BCUT2D eigenvalue weighted by Crippen LogP contribution is 2.15. The van der Waals surface area contributed by atoms with Crippen LogP contribution in [-0.2, 0) is 6.54 Å². The molecule has 0 aliphatic carbocycles. The Morgan fingerprint density at radius 3 is 2.65 bits per heavy atom. The molecule has 0 spiro atoms. The summed E-state index contributed by atoms with van der Waals surface area (Å²) in [6.45, 7) is 6.95. The van der Waals surface area contributed by atoms with Gasteiger partial charge in [0.25, 0.3) is 0 Å². The monoisotopic (exact) mass is 241 g/mol. The summed E-state index contributed by atoms with van der Waals surface area (Å²) in [5.41, 5.74) is -0.634. The number of nitrogens with zero attached hydrogens (tertiary/aromatic N) is 1. The Labute approximate surface area is 101 Å². The van der Waals surface area contributed by atoms with Gasteiger partial charge in [0.15, 0.2) is 0 Å². The van der Waals surface area contributed by atoms with Gasteiger partial charge in [-0.1, -0.05) is 6.92 Å². The van der Waals surface area contributed by atoms with Crippen LogP contribution in [0.3, 0.4) is 0 Å². The van der Waals surface area contributed by atoms with Crippen LogP contribution in [-0.4, -0.2) is 39.8 Å². The first-order valence-electron chi connectivity index (χ1n) is 5.58. The third-order valence-corrected chi connectivity index (χ3v) is 2.40. The number of hydrogen-bond donors (Lipinski definition) is 2. The maximum Gasteiger partial charge on any atom is 0.339 e. The van der Waals surface area contributed by atoms with Gasteiger partial charge in [-0.05, 0) is 26.5 Å². The molecule has 0 fully saturated rings. The van der Waals surface area contributed by atoms with Crippen molar-refractivity contribution in [2.75, 3.05) is 13.1 Å². The highest BCUT2D eigenvalue weighted by atomic mass is 16.4. The second kappa shape index (κ2) is 5.33. The normalized spacial score (nSPS) is 12.1. The second-order valence-corrected chi connectivity index (χ2v) is 4.68. The number of aromatic carboxylic acids is 1. The van der Waals surface area contributed by atoms with Gasteiger partial charge in [0.2, 0.25) is 0 Å². The SMILES string of the molecule is CCN(Cc1occc1C(=O)O)CC(C)(C)O. The maximum atomic E-state index is 10.9. The molecule has 0 saturated heterocycles. The molecular weight excluding hydrogens is 222 g/mol. The first-order chi connectivity index (χ1) is 7.83. The molecule has 0 saturated carbocycles. The second-order valence-electron chi connectivity index (χ2n) is 4.68. The topological polar surface area (TPSA) is 73.9 Å². The number of carboxylic acids is 1. The first kappa shape index (κ1) is 13.7. The van der Waals surface area contributed by atoms with Crippen LogP contribution in [0.1, 0.15) is 36.9 Å². The minimum atomic E-state index is -0.993. The van der Waals surface area contributed by atoms with Crippen molar-refractivity contribution in [3.8, 4) is 0 Å². The molecule has 17 heavy (non-hydrogen) atoms. The predicted molar refractivity (Wildman–Crippen MR) is 62.9 cm³/mol. The molecule has 1 heterocycles. The molecule has 96 valence electrons. The lowest BCUT2D eigenvalue weighted by Gasteiger charge is -2.27. The quantitative estimate of drug-likeness (QED) is 0.790. The molecule has 0 atom stereocenters. The number of carbonyl (C=O) groups is 1. The van der Waals surface area contributed by atoms with E-state index in [0.717, 1.165) is 0 Å². The molecule has 0 amide bonds. The van der Waals surface area contributed by atoms with Gasteiger partial charge in [-0.15, -0.1) is 0 Å². The Hall–Kier alpha value is -1.33. The van der Waals surface area contributed by atoms with E-state index in [1.54, 1.807) is 13.8 Å². The number of likely N-dealkylation sites (N-methyl/N-ethyl adjacent to an activating group) is 1. The molecule has 1 aromatic rings. The van der Waals surface area contributed by atoms with E-state index in [-0.39, 0.29) is 5.56 Å². The summed E-state index contributed by atoms with van der Waals surface area (Å²) < 4.78 is 5.17. The van der Waals surface area contributed by atoms with Crippen LogP contribution in [0.5, 0.6) is 0 Å². The van der Waals surface area contributed by atoms with Crippen LogP contribution in [0.15, 0.2) is 16.7 Å². The average molecular weight is 241 g/mol. The molecular formula is C12H19NO4. The third-order valence-electron chi connectivity index (χ3n) is 2.40. The highest BCUT2D eigenvalue weighted by molar-refractivity contribution is 5.88. The molecule has 0 unspecified atom stereocenters. The molecule has 1 aromatic heterocycles. The largest absolute Gasteiger partial charge is 0.478 e. The van der Waals surface area contributed by atoms with Crippen LogP contribution in [0.4, 0.5) is 0 Å². The fourth-order valence-electron chi connectivity index (χ4n) is 1.68. The van der Waals surface area contributed by atoms with Crippen molar-refractivity contribution in [3.05, 3.63) is 23.7 Å². The van der Waals surface area contributed by atoms with E-state index in [0.29, 0.717) is 25.4 Å². The van der Waals surface area contributed by atoms with E-state index in [9.17, 15) is 9.90 Å². The zero-order valence-corrected chi connectivity index (χ0v) is 10.4. The molecule has 0 aliphatic rings. The van der Waals surface area contributed by atoms with Crippen LogP contribution in [0.2, 0.25) is 0 Å². The van der Waals surface area contributed by atoms with Gasteiger partial charge < -0.3 is 14.6 Å². The van der Waals surface area contributed by atoms with Crippen LogP contribution >= 0.6 is 0 Å². The van der Waals surface area contributed by atoms with Gasteiger partial charge in [0.05, 0.1) is 18.4 Å². The minimum absolute atomic E-state index is 0.180. The van der Waals surface area contributed by atoms with Crippen molar-refractivity contribution in [2.45, 2.75) is 32.9 Å². The zero-order chi connectivity index (χ0) is 13.1. The smallest absolute Gasteiger partial charge is 0.339 e. The lowest BCUT2D eigenvalue weighted by atomic mass is 10.1. The van der Waals surface area contributed by atoms with E-state index < -0.39 is 11.6 Å². The number of aliphatic hydroxyl groups is 1. The van der Waals surface area contributed by atoms with Gasteiger partial charge in [-0.3, -0.25) is 4.90 Å². The third kappa shape index (κ3) is 4.20. The van der Waals surface area contributed by atoms with Crippen molar-refractivity contribution < 1.29 is 19.4 Å². The Balaban J connectivity index is 2.74. The number of rotatable bonds is 6. The van der Waals surface area contributed by atoms with Gasteiger partial charge >= 0.3 is 5.97 Å². The lowest BCUT2D eigenvalue weighted by Crippen LogP contribution is -2.38. The highest BCUT2D eigenvalue weighted by Gasteiger charge is 2.21. The molecule has 2 N–H and O–H groups in total. The maximum absolute atomic E-state index is 10.9. The Morgan fingerprint density at radius 2 is 2.18 bits per heavy atom. The molecule has 0 aliphatic heterocycles. The fraction of sp³-hybridized carbons (Fsp3) is 0.583. The molecule has 0 radical (unpaired) electrons. The van der Waals surface area contributed by atoms with E-state index in [2.05, 4.69) is 0 Å². The predicted octanol–water partition coefficient (Wildman–Crippen LogP) is 1.57. The number of carboxylic acid groups (broad SMARTS) is 1. The van der Waals surface area contributed by atoms with Crippen LogP contribution < -0.4 is 0 Å². The summed E-state index contributed by atoms with van der Waals surface area (Å²) in [4.78, 5) is 12.8. The summed E-state index contributed by atoms with van der Waals surface area (Å²) in [5.74, 6) is -0.573. The van der Waals surface area contributed by atoms with Crippen LogP contribution in [0, 0.1) is 0 Å². The van der Waals surface area contributed by atoms with Crippen LogP contribution in [0.25, 0.3) is 0 Å². The minimum Gasteiger partial charge on any atom is -0.478 e. The number of furan rings is 1. The average Bonchev–Trinajstić information content (AvgIpc) is 2.62. The standard InChI is InChI=1S/C12H19NO4/c1-4-13(8-12(2,3)16)7-10-9(11(14)15)5-6-17-10/h5-6,16H,4,7-8H2,1-3H3,(H,14,15). The van der Waals surface area contributed by atoms with Crippen molar-refractivity contribution in [2.24, 2.45) is 0 Å². The Kier molecular flexibility index (Phi) is 4.31. The number of hydrogen-bond acceptors (Lipinski definition) is 4. The van der Waals surface area contributed by atoms with E-state index >= 15 is 0 Å². The van der Waals surface area contributed by atoms with Crippen molar-refractivity contribution in [1.29, 1.82) is 0 Å². The summed E-state index contributed by atoms with van der Waals surface area (Å²) in [6.07, 6.45) is 1.37. The van der Waals surface area contributed by atoms with Crippen molar-refractivity contribution in [1.82, 2.24) is 4.90 Å². The Bertz CT molecular complexity index is 378. The summed E-state index contributed by atoms with van der Waals surface area (Å²) in [5, 5.41) is 18.7. The molecule has 1 rings (SSSR count). The van der Waals surface area contributed by atoms with Crippen molar-refractivity contribution in [3.63, 3.8) is 0 Å². The van der Waals surface area contributed by atoms with Gasteiger partial charge in [0.1, 0.15) is 11.3 Å². The first-order valence-corrected chi connectivity index (χ1v) is 5.58. The van der Waals surface area contributed by atoms with E-state index in [1.807, 2.05) is 11.8 Å². The molecule has 0 aromatic carbocycles. The van der Waals surface area contributed by atoms with Gasteiger partial charge in [-0.25, -0.2) is 4.79 Å². The summed E-state index contributed by atoms with van der Waals surface area (Å²) >= 11 is 0. The fourth-order valence-corrected chi connectivity index (χ4v) is 1.68. The lowest BCUT2D eigenvalue weighted by molar-refractivity contribution is 0.0332. The van der Waals surface area contributed by atoms with Gasteiger partial charge in [-0.2, -0.15) is 0 Å². The molecule has 5 heteroatoms.